The van der Waals surface area contributed by atoms with Crippen molar-refractivity contribution in [2.24, 2.45) is 5.92 Å². The number of ether oxygens (including phenoxy) is 1. The van der Waals surface area contributed by atoms with Crippen molar-refractivity contribution in [1.29, 1.82) is 0 Å². The Bertz CT molecular complexity index is 609. The lowest BCUT2D eigenvalue weighted by molar-refractivity contribution is -0.130. The quantitative estimate of drug-likeness (QED) is 0.639. The first-order valence-corrected chi connectivity index (χ1v) is 10.7. The van der Waals surface area contributed by atoms with E-state index in [1.807, 2.05) is 49.9 Å². The lowest BCUT2D eigenvalue weighted by Gasteiger charge is -2.24. The third-order valence-corrected chi connectivity index (χ3v) is 5.71. The van der Waals surface area contributed by atoms with Crippen LogP contribution in [0.5, 0.6) is 0 Å². The van der Waals surface area contributed by atoms with Gasteiger partial charge in [-0.3, -0.25) is 4.79 Å². The third-order valence-electron chi connectivity index (χ3n) is 4.08. The molecule has 7 heteroatoms. The summed E-state index contributed by atoms with van der Waals surface area (Å²) in [6.07, 6.45) is 0.503. The lowest BCUT2D eigenvalue weighted by atomic mass is 10.2. The summed E-state index contributed by atoms with van der Waals surface area (Å²) >= 11 is 4.98. The van der Waals surface area contributed by atoms with Crippen LogP contribution in [0.25, 0.3) is 0 Å². The van der Waals surface area contributed by atoms with E-state index in [-0.39, 0.29) is 17.3 Å². The summed E-state index contributed by atoms with van der Waals surface area (Å²) < 4.78 is 6.33. The van der Waals surface area contributed by atoms with Crippen molar-refractivity contribution in [3.05, 3.63) is 28.7 Å². The molecule has 5 nitrogen and oxygen atoms in total. The largest absolute Gasteiger partial charge is 0.449 e. The van der Waals surface area contributed by atoms with E-state index in [1.54, 1.807) is 16.7 Å². The zero-order chi connectivity index (χ0) is 19.1. The van der Waals surface area contributed by atoms with Crippen LogP contribution in [-0.2, 0) is 9.53 Å². The molecule has 2 rings (SSSR count). The van der Waals surface area contributed by atoms with Gasteiger partial charge in [0.25, 0.3) is 0 Å². The van der Waals surface area contributed by atoms with Gasteiger partial charge in [-0.2, -0.15) is 0 Å². The normalized spacial score (nSPS) is 16.3. The molecule has 1 aliphatic heterocycles. The van der Waals surface area contributed by atoms with E-state index in [1.165, 1.54) is 0 Å². The van der Waals surface area contributed by atoms with Crippen LogP contribution in [0.15, 0.2) is 33.6 Å². The summed E-state index contributed by atoms with van der Waals surface area (Å²) in [5, 5.41) is -0.157. The lowest BCUT2D eigenvalue weighted by Crippen LogP contribution is -2.40. The predicted molar refractivity (Wildman–Crippen MR) is 108 cm³/mol. The Morgan fingerprint density at radius 2 is 1.69 bits per heavy atom. The van der Waals surface area contributed by atoms with Crippen LogP contribution in [0.2, 0.25) is 0 Å². The molecule has 0 spiro atoms. The van der Waals surface area contributed by atoms with Crippen molar-refractivity contribution in [3.63, 3.8) is 0 Å². The zero-order valence-corrected chi connectivity index (χ0v) is 18.0. The summed E-state index contributed by atoms with van der Waals surface area (Å²) in [6, 6.07) is 7.97. The first kappa shape index (κ1) is 21.1. The van der Waals surface area contributed by atoms with Crippen molar-refractivity contribution in [3.8, 4) is 0 Å². The minimum atomic E-state index is -0.273. The fourth-order valence-corrected chi connectivity index (χ4v) is 3.89. The summed E-state index contributed by atoms with van der Waals surface area (Å²) in [5.41, 5.74) is 0. The first-order chi connectivity index (χ1) is 12.4. The van der Waals surface area contributed by atoms with Gasteiger partial charge in [0.1, 0.15) is 0 Å². The number of nitrogens with zero attached hydrogens (tertiary/aromatic N) is 2. The Labute approximate surface area is 168 Å². The number of amides is 2. The molecular formula is C19H27BrN2O3S. The van der Waals surface area contributed by atoms with Crippen molar-refractivity contribution in [2.45, 2.75) is 37.3 Å². The van der Waals surface area contributed by atoms with Gasteiger partial charge in [-0.1, -0.05) is 29.8 Å². The molecule has 26 heavy (non-hydrogen) atoms. The van der Waals surface area contributed by atoms with Crippen molar-refractivity contribution < 1.29 is 14.3 Å². The van der Waals surface area contributed by atoms with Gasteiger partial charge in [0, 0.05) is 35.5 Å². The maximum Gasteiger partial charge on any atom is 0.409 e. The number of thioether (sulfide) groups is 1. The summed E-state index contributed by atoms with van der Waals surface area (Å²) in [5.74, 6) is 0.441. The molecule has 1 aromatic rings. The van der Waals surface area contributed by atoms with E-state index in [0.717, 1.165) is 15.8 Å². The van der Waals surface area contributed by atoms with Gasteiger partial charge in [-0.25, -0.2) is 4.79 Å². The number of hydrogen-bond acceptors (Lipinski definition) is 4. The molecule has 1 saturated heterocycles. The Kier molecular flexibility index (Phi) is 8.28. The number of benzene rings is 1. The topological polar surface area (TPSA) is 49.9 Å². The molecule has 0 saturated carbocycles. The summed E-state index contributed by atoms with van der Waals surface area (Å²) in [6.45, 7) is 8.79. The number of rotatable bonds is 5. The molecule has 1 aromatic carbocycles. The smallest absolute Gasteiger partial charge is 0.409 e. The van der Waals surface area contributed by atoms with Crippen LogP contribution in [-0.4, -0.2) is 59.8 Å². The molecule has 2 amide bonds. The molecule has 1 heterocycles. The average molecular weight is 443 g/mol. The summed E-state index contributed by atoms with van der Waals surface area (Å²) in [7, 11) is 0. The van der Waals surface area contributed by atoms with E-state index >= 15 is 0 Å². The number of carbonyl (C=O) groups excluding carboxylic acids is 2. The van der Waals surface area contributed by atoms with E-state index in [2.05, 4.69) is 15.9 Å². The van der Waals surface area contributed by atoms with E-state index in [4.69, 9.17) is 4.74 Å². The Hall–Kier alpha value is -1.21. The molecule has 0 radical (unpaired) electrons. The van der Waals surface area contributed by atoms with Crippen LogP contribution in [0.4, 0.5) is 4.79 Å². The van der Waals surface area contributed by atoms with Gasteiger partial charge >= 0.3 is 6.09 Å². The van der Waals surface area contributed by atoms with Crippen LogP contribution in [0, 0.1) is 5.92 Å². The highest BCUT2D eigenvalue weighted by Crippen LogP contribution is 2.26. The van der Waals surface area contributed by atoms with Gasteiger partial charge in [0.05, 0.1) is 11.9 Å². The number of hydrogen-bond donors (Lipinski definition) is 0. The van der Waals surface area contributed by atoms with Crippen molar-refractivity contribution >= 4 is 39.7 Å². The molecule has 1 aliphatic rings. The van der Waals surface area contributed by atoms with Gasteiger partial charge in [0.2, 0.25) is 5.91 Å². The standard InChI is InChI=1S/C19H27BrN2O3S/c1-14(2)13-25-19(24)22-10-4-9-21(11-12-22)18(23)15(3)26-17-7-5-16(20)6-8-17/h5-8,14-15H,4,9-13H2,1-3H3. The highest BCUT2D eigenvalue weighted by atomic mass is 79.9. The third kappa shape index (κ3) is 6.50. The van der Waals surface area contributed by atoms with Gasteiger partial charge in [0.15, 0.2) is 0 Å². The summed E-state index contributed by atoms with van der Waals surface area (Å²) in [4.78, 5) is 29.6. The molecule has 1 unspecified atom stereocenters. The monoisotopic (exact) mass is 442 g/mol. The first-order valence-electron chi connectivity index (χ1n) is 8.99. The van der Waals surface area contributed by atoms with Crippen LogP contribution >= 0.6 is 27.7 Å². The molecule has 144 valence electrons. The molecule has 0 N–H and O–H groups in total. The fourth-order valence-electron chi connectivity index (χ4n) is 2.67. The van der Waals surface area contributed by atoms with Crippen molar-refractivity contribution in [1.82, 2.24) is 9.80 Å². The van der Waals surface area contributed by atoms with E-state index in [0.29, 0.717) is 38.7 Å². The predicted octanol–water partition coefficient (Wildman–Crippen LogP) is 4.26. The van der Waals surface area contributed by atoms with Crippen molar-refractivity contribution in [2.75, 3.05) is 32.8 Å². The second kappa shape index (κ2) is 10.2. The number of halogens is 1. The SMILES string of the molecule is CC(C)COC(=O)N1CCCN(C(=O)C(C)Sc2ccc(Br)cc2)CC1. The molecule has 0 aromatic heterocycles. The second-order valence-electron chi connectivity index (χ2n) is 6.85. The maximum atomic E-state index is 12.8. The second-order valence-corrected chi connectivity index (χ2v) is 9.18. The van der Waals surface area contributed by atoms with Crippen LogP contribution < -0.4 is 0 Å². The van der Waals surface area contributed by atoms with Gasteiger partial charge in [-0.15, -0.1) is 11.8 Å². The Balaban J connectivity index is 1.85. The van der Waals surface area contributed by atoms with E-state index < -0.39 is 0 Å². The van der Waals surface area contributed by atoms with Gasteiger partial charge < -0.3 is 14.5 Å². The zero-order valence-electron chi connectivity index (χ0n) is 15.6. The van der Waals surface area contributed by atoms with E-state index in [9.17, 15) is 9.59 Å². The minimum absolute atomic E-state index is 0.121. The fraction of sp³-hybridized carbons (Fsp3) is 0.579. The minimum Gasteiger partial charge on any atom is -0.449 e. The van der Waals surface area contributed by atoms with Gasteiger partial charge in [-0.05, 0) is 43.5 Å². The maximum absolute atomic E-state index is 12.8. The Morgan fingerprint density at radius 3 is 2.35 bits per heavy atom. The molecule has 0 aliphatic carbocycles. The Morgan fingerprint density at radius 1 is 1.08 bits per heavy atom. The average Bonchev–Trinajstić information content (AvgIpc) is 2.87. The van der Waals surface area contributed by atoms with Crippen LogP contribution in [0.1, 0.15) is 27.2 Å². The highest BCUT2D eigenvalue weighted by Gasteiger charge is 2.26. The number of carbonyl (C=O) groups is 2. The molecular weight excluding hydrogens is 416 g/mol. The molecule has 1 fully saturated rings. The highest BCUT2D eigenvalue weighted by molar-refractivity contribution is 9.10. The molecule has 1 atom stereocenters. The van der Waals surface area contributed by atoms with Crippen LogP contribution in [0.3, 0.4) is 0 Å². The molecule has 0 bridgehead atoms.